The number of carbonyl (C=O) groups excluding carboxylic acids is 1. The number of hydrogen-bond acceptors (Lipinski definition) is 6. The van der Waals surface area contributed by atoms with E-state index < -0.39 is 0 Å². The number of nitrogens with one attached hydrogen (secondary N) is 1. The highest BCUT2D eigenvalue weighted by Gasteiger charge is 2.13. The molecule has 6 nitrogen and oxygen atoms in total. The Morgan fingerprint density at radius 3 is 3.00 bits per heavy atom. The van der Waals surface area contributed by atoms with Gasteiger partial charge in [-0.15, -0.1) is 10.2 Å². The van der Waals surface area contributed by atoms with Crippen molar-refractivity contribution in [1.82, 2.24) is 19.7 Å². The van der Waals surface area contributed by atoms with Crippen molar-refractivity contribution in [3.8, 4) is 5.69 Å². The van der Waals surface area contributed by atoms with Gasteiger partial charge in [-0.25, -0.2) is 9.37 Å². The summed E-state index contributed by atoms with van der Waals surface area (Å²) in [6.45, 7) is 2.01. The molecule has 0 bridgehead atoms. The molecule has 2 aromatic carbocycles. The van der Waals surface area contributed by atoms with Crippen LogP contribution in [0.4, 0.5) is 9.52 Å². The van der Waals surface area contributed by atoms with E-state index >= 15 is 0 Å². The average molecular weight is 399 g/mol. The highest BCUT2D eigenvalue weighted by molar-refractivity contribution is 7.99. The van der Waals surface area contributed by atoms with Gasteiger partial charge in [0, 0.05) is 0 Å². The lowest BCUT2D eigenvalue weighted by molar-refractivity contribution is -0.113. The first-order valence-electron chi connectivity index (χ1n) is 8.05. The fourth-order valence-electron chi connectivity index (χ4n) is 2.56. The minimum atomic E-state index is -0.324. The van der Waals surface area contributed by atoms with E-state index in [2.05, 4.69) is 20.5 Å². The monoisotopic (exact) mass is 399 g/mol. The number of amides is 1. The number of thioether (sulfide) groups is 1. The summed E-state index contributed by atoms with van der Waals surface area (Å²) in [5.41, 5.74) is 2.72. The van der Waals surface area contributed by atoms with Crippen LogP contribution >= 0.6 is 23.1 Å². The number of para-hydroxylation sites is 1. The lowest BCUT2D eigenvalue weighted by atomic mass is 10.2. The molecule has 0 saturated carbocycles. The molecule has 1 amide bonds. The lowest BCUT2D eigenvalue weighted by Crippen LogP contribution is -2.14. The molecule has 0 unspecified atom stereocenters. The van der Waals surface area contributed by atoms with Crippen LogP contribution in [0, 0.1) is 12.7 Å². The zero-order valence-electron chi connectivity index (χ0n) is 14.2. The fourth-order valence-corrected chi connectivity index (χ4v) is 4.19. The Bertz CT molecular complexity index is 1120. The third-order valence-electron chi connectivity index (χ3n) is 3.82. The topological polar surface area (TPSA) is 72.7 Å². The van der Waals surface area contributed by atoms with E-state index in [-0.39, 0.29) is 17.5 Å². The molecule has 0 spiro atoms. The van der Waals surface area contributed by atoms with Gasteiger partial charge in [0.15, 0.2) is 10.3 Å². The maximum atomic E-state index is 13.3. The number of nitrogens with zero attached hydrogens (tertiary/aromatic N) is 4. The van der Waals surface area contributed by atoms with Crippen molar-refractivity contribution in [3.63, 3.8) is 0 Å². The first-order valence-corrected chi connectivity index (χ1v) is 9.85. The maximum Gasteiger partial charge on any atom is 0.236 e. The van der Waals surface area contributed by atoms with Gasteiger partial charge < -0.3 is 5.32 Å². The standard InChI is InChI=1S/C18H14FN5OS2/c1-11-4-2-3-5-14(11)24-10-20-23-18(24)26-9-16(25)22-17-21-13-7-6-12(19)8-15(13)27-17/h2-8,10H,9H2,1H3,(H,21,22,25). The van der Waals surface area contributed by atoms with Gasteiger partial charge in [0.1, 0.15) is 12.1 Å². The third kappa shape index (κ3) is 3.83. The van der Waals surface area contributed by atoms with Crippen LogP contribution in [0.25, 0.3) is 15.9 Å². The van der Waals surface area contributed by atoms with Crippen molar-refractivity contribution in [2.75, 3.05) is 11.1 Å². The molecule has 2 heterocycles. The number of halogens is 1. The summed E-state index contributed by atoms with van der Waals surface area (Å²) >= 11 is 2.53. The number of thiazole rings is 1. The van der Waals surface area contributed by atoms with Gasteiger partial charge in [0.25, 0.3) is 0 Å². The molecule has 0 fully saturated rings. The van der Waals surface area contributed by atoms with Gasteiger partial charge in [-0.2, -0.15) is 0 Å². The average Bonchev–Trinajstić information content (AvgIpc) is 3.26. The second kappa shape index (κ2) is 7.45. The number of aryl methyl sites for hydroxylation is 1. The Balaban J connectivity index is 1.44. The molecule has 0 radical (unpaired) electrons. The molecule has 9 heteroatoms. The van der Waals surface area contributed by atoms with E-state index in [1.165, 1.54) is 35.2 Å². The molecule has 0 saturated heterocycles. The first-order chi connectivity index (χ1) is 13.1. The van der Waals surface area contributed by atoms with E-state index in [9.17, 15) is 9.18 Å². The largest absolute Gasteiger partial charge is 0.301 e. The van der Waals surface area contributed by atoms with Crippen molar-refractivity contribution in [3.05, 3.63) is 60.2 Å². The molecular formula is C18H14FN5OS2. The van der Waals surface area contributed by atoms with Crippen LogP contribution in [0.5, 0.6) is 0 Å². The second-order valence-corrected chi connectivity index (χ2v) is 7.71. The molecule has 0 aliphatic rings. The minimum absolute atomic E-state index is 0.162. The van der Waals surface area contributed by atoms with Crippen LogP contribution in [0.2, 0.25) is 0 Å². The summed E-state index contributed by atoms with van der Waals surface area (Å²) in [6.07, 6.45) is 1.63. The van der Waals surface area contributed by atoms with Crippen LogP contribution in [0.15, 0.2) is 53.9 Å². The highest BCUT2D eigenvalue weighted by atomic mass is 32.2. The van der Waals surface area contributed by atoms with Crippen LogP contribution in [0.3, 0.4) is 0 Å². The molecule has 2 aromatic heterocycles. The van der Waals surface area contributed by atoms with E-state index in [0.717, 1.165) is 11.3 Å². The zero-order chi connectivity index (χ0) is 18.8. The molecule has 136 valence electrons. The third-order valence-corrected chi connectivity index (χ3v) is 5.70. The Kier molecular flexibility index (Phi) is 4.87. The van der Waals surface area contributed by atoms with Crippen molar-refractivity contribution in [1.29, 1.82) is 0 Å². The fraction of sp³-hybridized carbons (Fsp3) is 0.111. The van der Waals surface area contributed by atoms with E-state index in [0.29, 0.717) is 20.5 Å². The van der Waals surface area contributed by atoms with Gasteiger partial charge >= 0.3 is 0 Å². The molecule has 4 aromatic rings. The number of rotatable bonds is 5. The van der Waals surface area contributed by atoms with Gasteiger partial charge in [0.05, 0.1) is 21.7 Å². The number of aromatic nitrogens is 4. The van der Waals surface area contributed by atoms with Gasteiger partial charge in [-0.3, -0.25) is 9.36 Å². The lowest BCUT2D eigenvalue weighted by Gasteiger charge is -2.08. The maximum absolute atomic E-state index is 13.3. The zero-order valence-corrected chi connectivity index (χ0v) is 15.9. The Morgan fingerprint density at radius 2 is 2.15 bits per heavy atom. The van der Waals surface area contributed by atoms with E-state index in [1.807, 2.05) is 35.8 Å². The van der Waals surface area contributed by atoms with Crippen molar-refractivity contribution in [2.24, 2.45) is 0 Å². The smallest absolute Gasteiger partial charge is 0.236 e. The van der Waals surface area contributed by atoms with Crippen molar-refractivity contribution < 1.29 is 9.18 Å². The Labute approximate surface area is 162 Å². The number of carbonyl (C=O) groups is 1. The SMILES string of the molecule is Cc1ccccc1-n1cnnc1SCC(=O)Nc1nc2ccc(F)cc2s1. The van der Waals surface area contributed by atoms with Crippen LogP contribution in [-0.4, -0.2) is 31.4 Å². The molecule has 0 aliphatic carbocycles. The molecule has 0 aliphatic heterocycles. The predicted molar refractivity (Wildman–Crippen MR) is 105 cm³/mol. The number of anilines is 1. The molecule has 27 heavy (non-hydrogen) atoms. The van der Waals surface area contributed by atoms with Gasteiger partial charge in [-0.05, 0) is 36.8 Å². The summed E-state index contributed by atoms with van der Waals surface area (Å²) in [4.78, 5) is 16.6. The molecule has 4 rings (SSSR count). The quantitative estimate of drug-likeness (QED) is 0.513. The summed E-state index contributed by atoms with van der Waals surface area (Å²) in [5, 5.41) is 11.9. The summed E-state index contributed by atoms with van der Waals surface area (Å²) in [6, 6.07) is 12.2. The number of benzene rings is 2. The Hall–Kier alpha value is -2.78. The molecular weight excluding hydrogens is 385 g/mol. The number of hydrogen-bond donors (Lipinski definition) is 1. The second-order valence-electron chi connectivity index (χ2n) is 5.74. The van der Waals surface area contributed by atoms with Crippen molar-refractivity contribution in [2.45, 2.75) is 12.1 Å². The van der Waals surface area contributed by atoms with Crippen LogP contribution in [0.1, 0.15) is 5.56 Å². The highest BCUT2D eigenvalue weighted by Crippen LogP contribution is 2.27. The summed E-state index contributed by atoms with van der Waals surface area (Å²) in [5.74, 6) is -0.372. The van der Waals surface area contributed by atoms with Crippen LogP contribution < -0.4 is 5.32 Å². The molecule has 1 N–H and O–H groups in total. The number of fused-ring (bicyclic) bond motifs is 1. The normalized spacial score (nSPS) is 11.0. The van der Waals surface area contributed by atoms with Gasteiger partial charge in [0.2, 0.25) is 5.91 Å². The first kappa shape index (κ1) is 17.6. The molecule has 0 atom stereocenters. The Morgan fingerprint density at radius 1 is 1.30 bits per heavy atom. The van der Waals surface area contributed by atoms with E-state index in [1.54, 1.807) is 12.4 Å². The predicted octanol–water partition coefficient (Wildman–Crippen LogP) is 4.06. The van der Waals surface area contributed by atoms with Crippen LogP contribution in [-0.2, 0) is 4.79 Å². The van der Waals surface area contributed by atoms with E-state index in [4.69, 9.17) is 0 Å². The van der Waals surface area contributed by atoms with Crippen molar-refractivity contribution >= 4 is 44.4 Å². The summed E-state index contributed by atoms with van der Waals surface area (Å²) < 4.78 is 15.8. The minimum Gasteiger partial charge on any atom is -0.301 e. The summed E-state index contributed by atoms with van der Waals surface area (Å²) in [7, 11) is 0. The van der Waals surface area contributed by atoms with Gasteiger partial charge in [-0.1, -0.05) is 41.3 Å².